The molecular weight excluding hydrogens is 190 g/mol. The fourth-order valence-corrected chi connectivity index (χ4v) is 1.81. The van der Waals surface area contributed by atoms with E-state index in [9.17, 15) is 0 Å². The molecule has 0 aliphatic carbocycles. The van der Waals surface area contributed by atoms with Crippen LogP contribution in [0.25, 0.3) is 0 Å². The topological polar surface area (TPSA) is 42.2 Å². The number of nitrogens with zero attached hydrogens (tertiary/aromatic N) is 1. The summed E-state index contributed by atoms with van der Waals surface area (Å²) in [6.07, 6.45) is 0. The maximum atomic E-state index is 9.02. The molecular formula is C12H13NO2. The SMILES string of the molecule is CC(C)c1c(C#N)ccc2c1OCCO2. The lowest BCUT2D eigenvalue weighted by Gasteiger charge is -2.23. The van der Waals surface area contributed by atoms with E-state index >= 15 is 0 Å². The molecule has 15 heavy (non-hydrogen) atoms. The Morgan fingerprint density at radius 1 is 1.27 bits per heavy atom. The normalized spacial score (nSPS) is 13.7. The van der Waals surface area contributed by atoms with Crippen molar-refractivity contribution in [2.24, 2.45) is 0 Å². The van der Waals surface area contributed by atoms with Crippen LogP contribution in [0.5, 0.6) is 11.5 Å². The Bertz CT molecular complexity index is 418. The van der Waals surface area contributed by atoms with Gasteiger partial charge in [-0.05, 0) is 18.1 Å². The summed E-state index contributed by atoms with van der Waals surface area (Å²) in [5, 5.41) is 9.02. The first-order valence-electron chi connectivity index (χ1n) is 5.06. The highest BCUT2D eigenvalue weighted by molar-refractivity contribution is 5.56. The van der Waals surface area contributed by atoms with Crippen molar-refractivity contribution in [3.05, 3.63) is 23.3 Å². The van der Waals surface area contributed by atoms with E-state index in [1.807, 2.05) is 0 Å². The summed E-state index contributed by atoms with van der Waals surface area (Å²) >= 11 is 0. The lowest BCUT2D eigenvalue weighted by atomic mass is 9.96. The lowest BCUT2D eigenvalue weighted by molar-refractivity contribution is 0.169. The van der Waals surface area contributed by atoms with Crippen molar-refractivity contribution < 1.29 is 9.47 Å². The van der Waals surface area contributed by atoms with E-state index in [1.165, 1.54) is 0 Å². The third kappa shape index (κ3) is 1.63. The van der Waals surface area contributed by atoms with E-state index in [0.29, 0.717) is 18.8 Å². The van der Waals surface area contributed by atoms with Crippen LogP contribution in [0.3, 0.4) is 0 Å². The number of hydrogen-bond donors (Lipinski definition) is 0. The van der Waals surface area contributed by atoms with Gasteiger partial charge in [0.05, 0.1) is 11.6 Å². The molecule has 1 aromatic carbocycles. The summed E-state index contributed by atoms with van der Waals surface area (Å²) in [4.78, 5) is 0. The van der Waals surface area contributed by atoms with Gasteiger partial charge < -0.3 is 9.47 Å². The molecule has 0 spiro atoms. The van der Waals surface area contributed by atoms with Crippen LogP contribution in [0.4, 0.5) is 0 Å². The molecule has 2 rings (SSSR count). The third-order valence-electron chi connectivity index (χ3n) is 2.45. The van der Waals surface area contributed by atoms with Crippen molar-refractivity contribution in [3.8, 4) is 17.6 Å². The molecule has 0 N–H and O–H groups in total. The number of ether oxygens (including phenoxy) is 2. The van der Waals surface area contributed by atoms with E-state index in [4.69, 9.17) is 14.7 Å². The molecule has 0 unspecified atom stereocenters. The van der Waals surface area contributed by atoms with Gasteiger partial charge in [-0.25, -0.2) is 0 Å². The van der Waals surface area contributed by atoms with Crippen molar-refractivity contribution in [1.82, 2.24) is 0 Å². The molecule has 0 aromatic heterocycles. The van der Waals surface area contributed by atoms with Crippen molar-refractivity contribution in [2.45, 2.75) is 19.8 Å². The molecule has 78 valence electrons. The smallest absolute Gasteiger partial charge is 0.166 e. The predicted molar refractivity (Wildman–Crippen MR) is 56.2 cm³/mol. The highest BCUT2D eigenvalue weighted by atomic mass is 16.6. The third-order valence-corrected chi connectivity index (χ3v) is 2.45. The summed E-state index contributed by atoms with van der Waals surface area (Å²) in [6.45, 7) is 5.24. The monoisotopic (exact) mass is 203 g/mol. The van der Waals surface area contributed by atoms with E-state index in [2.05, 4.69) is 19.9 Å². The van der Waals surface area contributed by atoms with Crippen LogP contribution in [-0.2, 0) is 0 Å². The first kappa shape index (κ1) is 9.85. The van der Waals surface area contributed by atoms with Gasteiger partial charge in [0.1, 0.15) is 13.2 Å². The summed E-state index contributed by atoms with van der Waals surface area (Å²) in [6, 6.07) is 5.79. The molecule has 0 radical (unpaired) electrons. The first-order chi connectivity index (χ1) is 7.24. The van der Waals surface area contributed by atoms with Crippen molar-refractivity contribution >= 4 is 0 Å². The summed E-state index contributed by atoms with van der Waals surface area (Å²) in [5.74, 6) is 1.76. The fraction of sp³-hybridized carbons (Fsp3) is 0.417. The van der Waals surface area contributed by atoms with Gasteiger partial charge in [-0.3, -0.25) is 0 Å². The van der Waals surface area contributed by atoms with Crippen molar-refractivity contribution in [2.75, 3.05) is 13.2 Å². The Hall–Kier alpha value is -1.69. The minimum atomic E-state index is 0.260. The average molecular weight is 203 g/mol. The molecule has 0 saturated heterocycles. The fourth-order valence-electron chi connectivity index (χ4n) is 1.81. The highest BCUT2D eigenvalue weighted by Gasteiger charge is 2.21. The Morgan fingerprint density at radius 3 is 2.67 bits per heavy atom. The Balaban J connectivity index is 2.60. The first-order valence-corrected chi connectivity index (χ1v) is 5.06. The van der Waals surface area contributed by atoms with Crippen LogP contribution >= 0.6 is 0 Å². The van der Waals surface area contributed by atoms with Gasteiger partial charge in [0.2, 0.25) is 0 Å². The average Bonchev–Trinajstić information content (AvgIpc) is 2.27. The van der Waals surface area contributed by atoms with E-state index in [1.54, 1.807) is 12.1 Å². The van der Waals surface area contributed by atoms with Gasteiger partial charge in [-0.1, -0.05) is 13.8 Å². The van der Waals surface area contributed by atoms with Crippen LogP contribution < -0.4 is 9.47 Å². The van der Waals surface area contributed by atoms with Gasteiger partial charge >= 0.3 is 0 Å². The van der Waals surface area contributed by atoms with E-state index in [0.717, 1.165) is 17.1 Å². The molecule has 0 saturated carbocycles. The van der Waals surface area contributed by atoms with Crippen LogP contribution in [0.1, 0.15) is 30.9 Å². The van der Waals surface area contributed by atoms with Crippen LogP contribution in [0.2, 0.25) is 0 Å². The zero-order valence-electron chi connectivity index (χ0n) is 8.91. The highest BCUT2D eigenvalue weighted by Crippen LogP contribution is 2.39. The Kier molecular flexibility index (Phi) is 2.51. The molecule has 3 heteroatoms. The number of fused-ring (bicyclic) bond motifs is 1. The van der Waals surface area contributed by atoms with Crippen LogP contribution in [0, 0.1) is 11.3 Å². The molecule has 1 aromatic rings. The van der Waals surface area contributed by atoms with Crippen molar-refractivity contribution in [3.63, 3.8) is 0 Å². The van der Waals surface area contributed by atoms with Gasteiger partial charge in [0.15, 0.2) is 11.5 Å². The van der Waals surface area contributed by atoms with Gasteiger partial charge in [0.25, 0.3) is 0 Å². The molecule has 0 fully saturated rings. The Labute approximate surface area is 89.2 Å². The minimum absolute atomic E-state index is 0.260. The predicted octanol–water partition coefficient (Wildman–Crippen LogP) is 2.45. The van der Waals surface area contributed by atoms with Crippen molar-refractivity contribution in [1.29, 1.82) is 5.26 Å². The molecule has 1 aliphatic rings. The van der Waals surface area contributed by atoms with Gasteiger partial charge in [0, 0.05) is 5.56 Å². The zero-order valence-corrected chi connectivity index (χ0v) is 8.91. The minimum Gasteiger partial charge on any atom is -0.486 e. The Morgan fingerprint density at radius 2 is 2.00 bits per heavy atom. The molecule has 3 nitrogen and oxygen atoms in total. The quantitative estimate of drug-likeness (QED) is 0.704. The molecule has 0 bridgehead atoms. The van der Waals surface area contributed by atoms with Crippen LogP contribution in [0.15, 0.2) is 12.1 Å². The number of hydrogen-bond acceptors (Lipinski definition) is 3. The van der Waals surface area contributed by atoms with Crippen LogP contribution in [-0.4, -0.2) is 13.2 Å². The summed E-state index contributed by atoms with van der Waals surface area (Å²) in [5.41, 5.74) is 1.63. The lowest BCUT2D eigenvalue weighted by Crippen LogP contribution is -2.17. The second-order valence-corrected chi connectivity index (χ2v) is 3.82. The largest absolute Gasteiger partial charge is 0.486 e. The molecule has 1 aliphatic heterocycles. The number of nitriles is 1. The standard InChI is InChI=1S/C12H13NO2/c1-8(2)11-9(7-13)3-4-10-12(11)15-6-5-14-10/h3-4,8H,5-6H2,1-2H3. The second kappa shape index (κ2) is 3.82. The summed E-state index contributed by atoms with van der Waals surface area (Å²) < 4.78 is 11.1. The zero-order chi connectivity index (χ0) is 10.8. The summed E-state index contributed by atoms with van der Waals surface area (Å²) in [7, 11) is 0. The van der Waals surface area contributed by atoms with Gasteiger partial charge in [-0.15, -0.1) is 0 Å². The van der Waals surface area contributed by atoms with E-state index < -0.39 is 0 Å². The second-order valence-electron chi connectivity index (χ2n) is 3.82. The van der Waals surface area contributed by atoms with E-state index in [-0.39, 0.29) is 5.92 Å². The molecule has 1 heterocycles. The number of rotatable bonds is 1. The maximum absolute atomic E-state index is 9.02. The maximum Gasteiger partial charge on any atom is 0.166 e. The van der Waals surface area contributed by atoms with Gasteiger partial charge in [-0.2, -0.15) is 5.26 Å². The molecule has 0 atom stereocenters. The molecule has 0 amide bonds. The number of benzene rings is 1.